The number of unbranched alkanes of at least 4 members (excludes halogenated alkanes) is 2. The summed E-state index contributed by atoms with van der Waals surface area (Å²) >= 11 is 0. The van der Waals surface area contributed by atoms with Crippen molar-refractivity contribution in [2.24, 2.45) is 0 Å². The number of esters is 1. The molecule has 16 heavy (non-hydrogen) atoms. The number of hydrogen-bond acceptors (Lipinski definition) is 4. The first-order chi connectivity index (χ1) is 7.70. The van der Waals surface area contributed by atoms with Gasteiger partial charge in [0, 0.05) is 19.2 Å². The third-order valence-corrected chi connectivity index (χ3v) is 2.16. The summed E-state index contributed by atoms with van der Waals surface area (Å²) in [5.74, 6) is -0.281. The maximum Gasteiger partial charge on any atom is 0.330 e. The van der Waals surface area contributed by atoms with Crippen LogP contribution < -0.4 is 0 Å². The third-order valence-electron chi connectivity index (χ3n) is 2.16. The zero-order valence-corrected chi connectivity index (χ0v) is 10.3. The minimum atomic E-state index is -0.281. The second kappa shape index (κ2) is 10.6. The van der Waals surface area contributed by atoms with Crippen LogP contribution in [0.1, 0.15) is 26.2 Å². The van der Waals surface area contributed by atoms with Crippen LogP contribution in [0.2, 0.25) is 0 Å². The molecular formula is C12H23NO3. The van der Waals surface area contributed by atoms with E-state index in [1.165, 1.54) is 6.08 Å². The summed E-state index contributed by atoms with van der Waals surface area (Å²) in [6.07, 6.45) is 6.26. The Kier molecular flexibility index (Phi) is 10.1. The fourth-order valence-electron chi connectivity index (χ4n) is 1.28. The summed E-state index contributed by atoms with van der Waals surface area (Å²) in [7, 11) is 2.01. The van der Waals surface area contributed by atoms with Crippen molar-refractivity contribution >= 4 is 5.97 Å². The van der Waals surface area contributed by atoms with Gasteiger partial charge in [-0.05, 0) is 39.8 Å². The van der Waals surface area contributed by atoms with Gasteiger partial charge in [-0.3, -0.25) is 0 Å². The predicted molar refractivity (Wildman–Crippen MR) is 64.2 cm³/mol. The molecule has 0 spiro atoms. The summed E-state index contributed by atoms with van der Waals surface area (Å²) in [5, 5.41) is 8.61. The van der Waals surface area contributed by atoms with Crippen LogP contribution >= 0.6 is 0 Å². The van der Waals surface area contributed by atoms with Gasteiger partial charge in [0.2, 0.25) is 0 Å². The zero-order valence-electron chi connectivity index (χ0n) is 10.3. The number of rotatable bonds is 9. The molecule has 0 saturated carbocycles. The standard InChI is InChI=1S/C12H23NO3/c1-3-16-12(15)8-7-10-13(2)9-5-4-6-11-14/h7-8,14H,3-6,9-11H2,1-2H3/b8-7+. The molecule has 4 heteroatoms. The van der Waals surface area contributed by atoms with E-state index in [-0.39, 0.29) is 12.6 Å². The number of hydrogen-bond donors (Lipinski definition) is 1. The Morgan fingerprint density at radius 3 is 2.75 bits per heavy atom. The fourth-order valence-corrected chi connectivity index (χ4v) is 1.28. The quantitative estimate of drug-likeness (QED) is 0.367. The molecule has 0 unspecified atom stereocenters. The van der Waals surface area contributed by atoms with E-state index in [1.807, 2.05) is 13.1 Å². The number of likely N-dealkylation sites (N-methyl/N-ethyl adjacent to an activating group) is 1. The molecule has 0 saturated heterocycles. The Hall–Kier alpha value is -0.870. The predicted octanol–water partition coefficient (Wildman–Crippen LogP) is 1.20. The molecule has 0 fully saturated rings. The van der Waals surface area contributed by atoms with Crippen molar-refractivity contribution < 1.29 is 14.6 Å². The van der Waals surface area contributed by atoms with E-state index in [4.69, 9.17) is 9.84 Å². The van der Waals surface area contributed by atoms with Crippen LogP contribution in [-0.2, 0) is 9.53 Å². The van der Waals surface area contributed by atoms with E-state index in [0.717, 1.165) is 32.4 Å². The SMILES string of the molecule is CCOC(=O)/C=C/CN(C)CCCCCO. The molecule has 0 atom stereocenters. The minimum absolute atomic E-state index is 0.270. The summed E-state index contributed by atoms with van der Waals surface area (Å²) in [6, 6.07) is 0. The fraction of sp³-hybridized carbons (Fsp3) is 0.750. The molecule has 94 valence electrons. The lowest BCUT2D eigenvalue weighted by molar-refractivity contribution is -0.137. The molecule has 0 bridgehead atoms. The van der Waals surface area contributed by atoms with Crippen molar-refractivity contribution in [3.05, 3.63) is 12.2 Å². The van der Waals surface area contributed by atoms with Crippen molar-refractivity contribution in [2.75, 3.05) is 33.4 Å². The van der Waals surface area contributed by atoms with Gasteiger partial charge < -0.3 is 14.7 Å². The van der Waals surface area contributed by atoms with E-state index >= 15 is 0 Å². The van der Waals surface area contributed by atoms with Gasteiger partial charge in [-0.15, -0.1) is 0 Å². The number of aliphatic hydroxyl groups excluding tert-OH is 1. The third kappa shape index (κ3) is 9.68. The van der Waals surface area contributed by atoms with Gasteiger partial charge in [0.05, 0.1) is 6.61 Å². The lowest BCUT2D eigenvalue weighted by Crippen LogP contribution is -2.19. The molecule has 0 aliphatic heterocycles. The monoisotopic (exact) mass is 229 g/mol. The zero-order chi connectivity index (χ0) is 12.2. The van der Waals surface area contributed by atoms with E-state index in [1.54, 1.807) is 6.92 Å². The Bertz CT molecular complexity index is 204. The van der Waals surface area contributed by atoms with Crippen LogP contribution in [0.4, 0.5) is 0 Å². The van der Waals surface area contributed by atoms with Gasteiger partial charge in [0.15, 0.2) is 0 Å². The molecule has 0 amide bonds. The van der Waals surface area contributed by atoms with Gasteiger partial charge in [-0.1, -0.05) is 6.08 Å². The highest BCUT2D eigenvalue weighted by Gasteiger charge is 1.97. The highest BCUT2D eigenvalue weighted by atomic mass is 16.5. The number of aliphatic hydroxyl groups is 1. The van der Waals surface area contributed by atoms with Gasteiger partial charge >= 0.3 is 5.97 Å². The molecule has 0 aliphatic carbocycles. The first-order valence-electron chi connectivity index (χ1n) is 5.83. The normalized spacial score (nSPS) is 11.2. The van der Waals surface area contributed by atoms with Crippen molar-refractivity contribution in [3.63, 3.8) is 0 Å². The number of ether oxygens (including phenoxy) is 1. The van der Waals surface area contributed by atoms with Crippen LogP contribution in [0.25, 0.3) is 0 Å². The molecule has 0 aromatic carbocycles. The summed E-state index contributed by atoms with van der Waals surface area (Å²) in [6.45, 7) is 4.21. The lowest BCUT2D eigenvalue weighted by Gasteiger charge is -2.13. The molecule has 0 aromatic rings. The maximum atomic E-state index is 11.0. The number of nitrogens with zero attached hydrogens (tertiary/aromatic N) is 1. The van der Waals surface area contributed by atoms with E-state index in [9.17, 15) is 4.79 Å². The smallest absolute Gasteiger partial charge is 0.330 e. The molecule has 0 rings (SSSR count). The van der Waals surface area contributed by atoms with Crippen LogP contribution in [0.5, 0.6) is 0 Å². The molecule has 4 nitrogen and oxygen atoms in total. The van der Waals surface area contributed by atoms with Gasteiger partial charge in [0.25, 0.3) is 0 Å². The topological polar surface area (TPSA) is 49.8 Å². The Balaban J connectivity index is 3.48. The molecule has 0 aromatic heterocycles. The largest absolute Gasteiger partial charge is 0.463 e. The highest BCUT2D eigenvalue weighted by molar-refractivity contribution is 5.81. The van der Waals surface area contributed by atoms with Gasteiger partial charge in [0.1, 0.15) is 0 Å². The first kappa shape index (κ1) is 15.1. The highest BCUT2D eigenvalue weighted by Crippen LogP contribution is 1.96. The average Bonchev–Trinajstić information content (AvgIpc) is 2.25. The molecule has 0 aliphatic rings. The second-order valence-electron chi connectivity index (χ2n) is 3.70. The van der Waals surface area contributed by atoms with Crippen LogP contribution in [-0.4, -0.2) is 49.3 Å². The van der Waals surface area contributed by atoms with Crippen LogP contribution in [0.3, 0.4) is 0 Å². The van der Waals surface area contributed by atoms with E-state index in [0.29, 0.717) is 6.61 Å². The van der Waals surface area contributed by atoms with Crippen molar-refractivity contribution in [1.82, 2.24) is 4.90 Å². The first-order valence-corrected chi connectivity index (χ1v) is 5.83. The maximum absolute atomic E-state index is 11.0. The summed E-state index contributed by atoms with van der Waals surface area (Å²) in [4.78, 5) is 13.1. The van der Waals surface area contributed by atoms with Crippen molar-refractivity contribution in [2.45, 2.75) is 26.2 Å². The second-order valence-corrected chi connectivity index (χ2v) is 3.70. The summed E-state index contributed by atoms with van der Waals surface area (Å²) in [5.41, 5.74) is 0. The Labute approximate surface area is 97.9 Å². The van der Waals surface area contributed by atoms with Crippen LogP contribution in [0.15, 0.2) is 12.2 Å². The molecule has 0 radical (unpaired) electrons. The van der Waals surface area contributed by atoms with Crippen molar-refractivity contribution in [3.8, 4) is 0 Å². The number of carbonyl (C=O) groups excluding carboxylic acids is 1. The molecule has 1 N–H and O–H groups in total. The molecule has 0 heterocycles. The van der Waals surface area contributed by atoms with E-state index in [2.05, 4.69) is 4.90 Å². The van der Waals surface area contributed by atoms with Gasteiger partial charge in [-0.2, -0.15) is 0 Å². The number of carbonyl (C=O) groups is 1. The van der Waals surface area contributed by atoms with Crippen molar-refractivity contribution in [1.29, 1.82) is 0 Å². The Morgan fingerprint density at radius 1 is 1.38 bits per heavy atom. The van der Waals surface area contributed by atoms with Gasteiger partial charge in [-0.25, -0.2) is 4.79 Å². The molecular weight excluding hydrogens is 206 g/mol. The Morgan fingerprint density at radius 2 is 2.12 bits per heavy atom. The summed E-state index contributed by atoms with van der Waals surface area (Å²) < 4.78 is 4.76. The van der Waals surface area contributed by atoms with Crippen LogP contribution in [0, 0.1) is 0 Å². The minimum Gasteiger partial charge on any atom is -0.463 e. The van der Waals surface area contributed by atoms with E-state index < -0.39 is 0 Å². The average molecular weight is 229 g/mol. The lowest BCUT2D eigenvalue weighted by atomic mass is 10.2.